The number of anilines is 1. The second-order valence-corrected chi connectivity index (χ2v) is 8.71. The van der Waals surface area contributed by atoms with Gasteiger partial charge in [-0.05, 0) is 49.9 Å². The van der Waals surface area contributed by atoms with Gasteiger partial charge >= 0.3 is 0 Å². The Morgan fingerprint density at radius 3 is 2.68 bits per heavy atom. The molecule has 2 amide bonds. The number of hydrogen-bond acceptors (Lipinski definition) is 7. The van der Waals surface area contributed by atoms with Gasteiger partial charge in [-0.25, -0.2) is 9.97 Å². The van der Waals surface area contributed by atoms with Crippen molar-refractivity contribution in [3.05, 3.63) is 34.9 Å². The highest BCUT2D eigenvalue weighted by atomic mass is 32.2. The first-order chi connectivity index (χ1) is 14.9. The number of fused-ring (bicyclic) bond motifs is 5. The van der Waals surface area contributed by atoms with Crippen LogP contribution in [0.25, 0.3) is 11.3 Å². The zero-order valence-electron chi connectivity index (χ0n) is 18.0. The molecule has 4 N–H and O–H groups in total. The average Bonchev–Trinajstić information content (AvgIpc) is 2.71. The van der Waals surface area contributed by atoms with E-state index in [9.17, 15) is 14.7 Å². The molecule has 31 heavy (non-hydrogen) atoms. The third kappa shape index (κ3) is 5.95. The third-order valence-electron chi connectivity index (χ3n) is 5.24. The molecule has 2 heterocycles. The Labute approximate surface area is 186 Å². The minimum absolute atomic E-state index is 0.00437. The molecule has 2 aromatic rings. The first kappa shape index (κ1) is 23.0. The number of aliphatic hydroxyl groups excluding tert-OH is 1. The van der Waals surface area contributed by atoms with Crippen molar-refractivity contribution >= 4 is 29.5 Å². The quantitative estimate of drug-likeness (QED) is 0.608. The van der Waals surface area contributed by atoms with Crippen molar-refractivity contribution in [1.29, 1.82) is 0 Å². The molecule has 1 aromatic heterocycles. The largest absolute Gasteiger partial charge is 0.395 e. The number of amides is 2. The lowest BCUT2D eigenvalue weighted by Crippen LogP contribution is -2.35. The second kappa shape index (κ2) is 10.6. The van der Waals surface area contributed by atoms with Crippen LogP contribution in [0.2, 0.25) is 0 Å². The summed E-state index contributed by atoms with van der Waals surface area (Å²) in [7, 11) is 0. The van der Waals surface area contributed by atoms with Crippen LogP contribution in [-0.2, 0) is 4.79 Å². The van der Waals surface area contributed by atoms with Gasteiger partial charge in [-0.15, -0.1) is 11.8 Å². The van der Waals surface area contributed by atoms with Gasteiger partial charge in [0, 0.05) is 42.9 Å². The highest BCUT2D eigenvalue weighted by Gasteiger charge is 2.17. The number of aromatic nitrogens is 2. The molecule has 0 aliphatic carbocycles. The van der Waals surface area contributed by atoms with Gasteiger partial charge < -0.3 is 21.1 Å². The van der Waals surface area contributed by atoms with Crippen LogP contribution < -0.4 is 11.1 Å². The van der Waals surface area contributed by atoms with E-state index in [1.807, 2.05) is 32.0 Å². The van der Waals surface area contributed by atoms with Gasteiger partial charge in [0.15, 0.2) is 0 Å². The van der Waals surface area contributed by atoms with Crippen LogP contribution in [0, 0.1) is 13.8 Å². The summed E-state index contributed by atoms with van der Waals surface area (Å²) in [4.78, 5) is 35.7. The Balaban J connectivity index is 1.95. The lowest BCUT2D eigenvalue weighted by Gasteiger charge is -2.21. The zero-order valence-corrected chi connectivity index (χ0v) is 18.8. The number of aliphatic hydroxyl groups is 1. The number of hydrogen-bond donors (Lipinski definition) is 3. The Hall–Kier alpha value is -2.65. The molecule has 8 nitrogen and oxygen atoms in total. The van der Waals surface area contributed by atoms with Crippen molar-refractivity contribution in [1.82, 2.24) is 20.2 Å². The lowest BCUT2D eigenvalue weighted by atomic mass is 9.97. The number of nitrogen functional groups attached to an aromatic ring is 1. The van der Waals surface area contributed by atoms with Gasteiger partial charge in [0.1, 0.15) is 5.03 Å². The molecule has 0 saturated heterocycles. The molecular weight excluding hydrogens is 414 g/mol. The standard InChI is InChI=1S/C22H29N5O3S/c1-14-11-15(2)17-12-16(14)18-13-19(26-22(23)25-18)31-10-5-20(29)27(8-9-28)7-4-3-6-24-21(17)30/h11-13,28H,3-10H2,1-2H3,(H,24,30)(H2,23,25,26). The number of carbonyl (C=O) groups excluding carboxylic acids is 2. The van der Waals surface area contributed by atoms with Crippen LogP contribution in [0.5, 0.6) is 0 Å². The van der Waals surface area contributed by atoms with Gasteiger partial charge in [-0.2, -0.15) is 0 Å². The van der Waals surface area contributed by atoms with Crippen LogP contribution in [0.4, 0.5) is 5.95 Å². The van der Waals surface area contributed by atoms with Crippen LogP contribution in [0.3, 0.4) is 0 Å². The fourth-order valence-electron chi connectivity index (χ4n) is 3.64. The predicted octanol–water partition coefficient (Wildman–Crippen LogP) is 2.17. The predicted molar refractivity (Wildman–Crippen MR) is 122 cm³/mol. The van der Waals surface area contributed by atoms with E-state index >= 15 is 0 Å². The molecular formula is C22H29N5O3S. The fourth-order valence-corrected chi connectivity index (χ4v) is 4.47. The van der Waals surface area contributed by atoms with Crippen molar-refractivity contribution in [2.45, 2.75) is 38.1 Å². The molecule has 0 atom stereocenters. The van der Waals surface area contributed by atoms with E-state index in [1.54, 1.807) is 4.90 Å². The van der Waals surface area contributed by atoms with E-state index in [0.717, 1.165) is 29.5 Å². The fraction of sp³-hybridized carbons (Fsp3) is 0.455. The summed E-state index contributed by atoms with van der Waals surface area (Å²) in [6.45, 7) is 5.20. The molecule has 0 saturated carbocycles. The van der Waals surface area contributed by atoms with Gasteiger partial charge in [0.05, 0.1) is 12.3 Å². The minimum atomic E-state index is -0.136. The van der Waals surface area contributed by atoms with Crippen molar-refractivity contribution in [2.24, 2.45) is 0 Å². The maximum atomic E-state index is 12.8. The minimum Gasteiger partial charge on any atom is -0.395 e. The Bertz CT molecular complexity index is 966. The Kier molecular flexibility index (Phi) is 7.86. The molecule has 0 radical (unpaired) electrons. The van der Waals surface area contributed by atoms with Gasteiger partial charge in [0.25, 0.3) is 5.91 Å². The first-order valence-corrected chi connectivity index (χ1v) is 11.4. The number of nitrogens with zero attached hydrogens (tertiary/aromatic N) is 3. The number of thioether (sulfide) groups is 1. The number of aryl methyl sites for hydroxylation is 2. The number of carbonyl (C=O) groups is 2. The number of benzene rings is 1. The highest BCUT2D eigenvalue weighted by Crippen LogP contribution is 2.29. The monoisotopic (exact) mass is 443 g/mol. The van der Waals surface area contributed by atoms with E-state index in [2.05, 4.69) is 15.3 Å². The maximum Gasteiger partial charge on any atom is 0.251 e. The maximum absolute atomic E-state index is 12.8. The van der Waals surface area contributed by atoms with Crippen molar-refractivity contribution < 1.29 is 14.7 Å². The van der Waals surface area contributed by atoms with E-state index in [0.29, 0.717) is 48.1 Å². The lowest BCUT2D eigenvalue weighted by molar-refractivity contribution is -0.131. The summed E-state index contributed by atoms with van der Waals surface area (Å²) in [5.74, 6) is 0.560. The van der Waals surface area contributed by atoms with Crippen molar-refractivity contribution in [2.75, 3.05) is 37.7 Å². The van der Waals surface area contributed by atoms with Crippen molar-refractivity contribution in [3.8, 4) is 11.3 Å². The number of β-amino-alcohol motifs (C(OH)–C–C–N with tert-alkyl or cyclic N) is 1. The summed E-state index contributed by atoms with van der Waals surface area (Å²) < 4.78 is 0. The van der Waals surface area contributed by atoms with Crippen LogP contribution in [0.15, 0.2) is 23.2 Å². The van der Waals surface area contributed by atoms with Gasteiger partial charge in [0.2, 0.25) is 11.9 Å². The first-order valence-electron chi connectivity index (χ1n) is 10.4. The molecule has 0 fully saturated rings. The molecule has 3 rings (SSSR count). The second-order valence-electron chi connectivity index (χ2n) is 7.60. The Morgan fingerprint density at radius 2 is 1.90 bits per heavy atom. The van der Waals surface area contributed by atoms with Crippen LogP contribution >= 0.6 is 11.8 Å². The molecule has 166 valence electrons. The summed E-state index contributed by atoms with van der Waals surface area (Å²) in [6, 6.07) is 5.68. The van der Waals surface area contributed by atoms with Gasteiger partial charge in [-0.1, -0.05) is 6.07 Å². The summed E-state index contributed by atoms with van der Waals surface area (Å²) in [6.07, 6.45) is 1.84. The molecule has 1 aliphatic heterocycles. The molecule has 1 aliphatic rings. The summed E-state index contributed by atoms with van der Waals surface area (Å²) >= 11 is 1.44. The van der Waals surface area contributed by atoms with E-state index in [1.165, 1.54) is 11.8 Å². The zero-order chi connectivity index (χ0) is 22.4. The number of nitrogens with one attached hydrogen (secondary N) is 1. The van der Waals surface area contributed by atoms with E-state index in [4.69, 9.17) is 5.73 Å². The van der Waals surface area contributed by atoms with Crippen molar-refractivity contribution in [3.63, 3.8) is 0 Å². The SMILES string of the molecule is Cc1cc(C)c2cc1C(=O)NCCCCN(CCO)C(=O)CCSc1cc-2nc(N)n1. The summed E-state index contributed by atoms with van der Waals surface area (Å²) in [5.41, 5.74) is 9.94. The molecule has 9 heteroatoms. The summed E-state index contributed by atoms with van der Waals surface area (Å²) in [5, 5.41) is 12.9. The normalized spacial score (nSPS) is 16.0. The molecule has 4 bridgehead atoms. The molecule has 0 unspecified atom stereocenters. The van der Waals surface area contributed by atoms with E-state index < -0.39 is 0 Å². The third-order valence-corrected chi connectivity index (χ3v) is 6.15. The molecule has 0 spiro atoms. The number of nitrogens with two attached hydrogens (primary N) is 1. The molecule has 1 aromatic carbocycles. The smallest absolute Gasteiger partial charge is 0.251 e. The number of rotatable bonds is 2. The van der Waals surface area contributed by atoms with Crippen LogP contribution in [0.1, 0.15) is 40.7 Å². The highest BCUT2D eigenvalue weighted by molar-refractivity contribution is 7.99. The Morgan fingerprint density at radius 1 is 1.13 bits per heavy atom. The topological polar surface area (TPSA) is 121 Å². The van der Waals surface area contributed by atoms with Gasteiger partial charge in [-0.3, -0.25) is 9.59 Å². The van der Waals surface area contributed by atoms with Crippen LogP contribution in [-0.4, -0.2) is 63.8 Å². The van der Waals surface area contributed by atoms with E-state index in [-0.39, 0.29) is 24.4 Å². The average molecular weight is 444 g/mol.